The van der Waals surface area contributed by atoms with Gasteiger partial charge in [0.05, 0.1) is 17.4 Å². The third-order valence-electron chi connectivity index (χ3n) is 3.89. The van der Waals surface area contributed by atoms with Gasteiger partial charge in [0.15, 0.2) is 0 Å². The fraction of sp³-hybridized carbons (Fsp3) is 1.00. The monoisotopic (exact) mass is 278 g/mol. The molecule has 1 N–H and O–H groups in total. The van der Waals surface area contributed by atoms with Gasteiger partial charge >= 0.3 is 12.4 Å². The highest BCUT2D eigenvalue weighted by atomic mass is 19.4. The average molecular weight is 278 g/mol. The zero-order valence-electron chi connectivity index (χ0n) is 9.96. The van der Waals surface area contributed by atoms with E-state index < -0.39 is 29.8 Å². The highest BCUT2D eigenvalue weighted by molar-refractivity contribution is 4.98. The molecule has 0 aliphatic heterocycles. The van der Waals surface area contributed by atoms with Gasteiger partial charge in [-0.05, 0) is 32.1 Å². The Kier molecular flexibility index (Phi) is 3.97. The SMILES string of the molecule is CCC1(C(F)(F)F)CC1.OCC1(C(F)(F)F)CC1. The van der Waals surface area contributed by atoms with Crippen LogP contribution in [0.2, 0.25) is 0 Å². The van der Waals surface area contributed by atoms with E-state index in [0.717, 1.165) is 0 Å². The third kappa shape index (κ3) is 2.92. The van der Waals surface area contributed by atoms with Crippen molar-refractivity contribution in [1.29, 1.82) is 0 Å². The summed E-state index contributed by atoms with van der Waals surface area (Å²) in [6.45, 7) is 0.844. The molecule has 0 amide bonds. The number of aliphatic hydroxyl groups is 1. The summed E-state index contributed by atoms with van der Waals surface area (Å²) in [7, 11) is 0. The van der Waals surface area contributed by atoms with Gasteiger partial charge in [0.1, 0.15) is 0 Å². The van der Waals surface area contributed by atoms with E-state index in [1.54, 1.807) is 6.92 Å². The van der Waals surface area contributed by atoms with Crippen LogP contribution in [-0.2, 0) is 0 Å². The Labute approximate surface area is 101 Å². The molecule has 0 heterocycles. The summed E-state index contributed by atoms with van der Waals surface area (Å²) >= 11 is 0. The standard InChI is InChI=1S/C6H9F3.C5H7F3O/c1-2-5(3-4-5)6(7,8)9;6-5(7,8)4(3-9)1-2-4/h2-4H2,1H3;9H,1-3H2. The first kappa shape index (κ1) is 15.6. The van der Waals surface area contributed by atoms with E-state index in [-0.39, 0.29) is 19.3 Å². The molecule has 2 aliphatic carbocycles. The van der Waals surface area contributed by atoms with Crippen LogP contribution in [0.25, 0.3) is 0 Å². The van der Waals surface area contributed by atoms with Gasteiger partial charge in [0, 0.05) is 0 Å². The highest BCUT2D eigenvalue weighted by Crippen LogP contribution is 2.59. The van der Waals surface area contributed by atoms with Crippen LogP contribution >= 0.6 is 0 Å². The Bertz CT molecular complexity index is 255. The lowest BCUT2D eigenvalue weighted by molar-refractivity contribution is -0.196. The maximum Gasteiger partial charge on any atom is 0.396 e. The Balaban J connectivity index is 0.000000180. The van der Waals surface area contributed by atoms with Gasteiger partial charge in [-0.25, -0.2) is 0 Å². The minimum absolute atomic E-state index is 0.0903. The molecular formula is C11H16F6O. The number of hydrogen-bond donors (Lipinski definition) is 1. The van der Waals surface area contributed by atoms with Crippen molar-refractivity contribution in [3.05, 3.63) is 0 Å². The maximum absolute atomic E-state index is 11.9. The van der Waals surface area contributed by atoms with E-state index in [9.17, 15) is 26.3 Å². The van der Waals surface area contributed by atoms with Gasteiger partial charge in [-0.3, -0.25) is 0 Å². The van der Waals surface area contributed by atoms with Crippen molar-refractivity contribution in [2.45, 2.75) is 51.4 Å². The van der Waals surface area contributed by atoms with Crippen LogP contribution in [0.1, 0.15) is 39.0 Å². The summed E-state index contributed by atoms with van der Waals surface area (Å²) in [5, 5.41) is 8.27. The summed E-state index contributed by atoms with van der Waals surface area (Å²) in [4.78, 5) is 0. The van der Waals surface area contributed by atoms with E-state index in [1.807, 2.05) is 0 Å². The van der Waals surface area contributed by atoms with E-state index in [1.165, 1.54) is 0 Å². The first-order valence-electron chi connectivity index (χ1n) is 5.78. The number of halogens is 6. The zero-order valence-corrected chi connectivity index (χ0v) is 9.96. The number of hydrogen-bond acceptors (Lipinski definition) is 1. The first-order valence-corrected chi connectivity index (χ1v) is 5.78. The molecule has 0 spiro atoms. The predicted octanol–water partition coefficient (Wildman–Crippen LogP) is 4.06. The van der Waals surface area contributed by atoms with Gasteiger partial charge in [0.25, 0.3) is 0 Å². The first-order chi connectivity index (χ1) is 8.04. The zero-order chi connectivity index (χ0) is 14.2. The Hall–Kier alpha value is -0.460. The molecule has 7 heteroatoms. The quantitative estimate of drug-likeness (QED) is 0.755. The molecule has 0 aromatic heterocycles. The lowest BCUT2D eigenvalue weighted by Crippen LogP contribution is -2.27. The summed E-state index contributed by atoms with van der Waals surface area (Å²) in [5.41, 5.74) is -2.99. The maximum atomic E-state index is 11.9. The van der Waals surface area contributed by atoms with Crippen LogP contribution in [-0.4, -0.2) is 24.1 Å². The molecule has 0 bridgehead atoms. The summed E-state index contributed by atoms with van der Waals surface area (Å²) in [6.07, 6.45) is -7.03. The summed E-state index contributed by atoms with van der Waals surface area (Å²) in [5.74, 6) is 0. The van der Waals surface area contributed by atoms with E-state index >= 15 is 0 Å². The Morgan fingerprint density at radius 2 is 1.17 bits per heavy atom. The van der Waals surface area contributed by atoms with Crippen LogP contribution in [0.5, 0.6) is 0 Å². The number of alkyl halides is 6. The molecule has 2 aliphatic rings. The second-order valence-corrected chi connectivity index (χ2v) is 5.07. The van der Waals surface area contributed by atoms with Gasteiger partial charge in [-0.2, -0.15) is 26.3 Å². The summed E-state index contributed by atoms with van der Waals surface area (Å²) < 4.78 is 70.9. The van der Waals surface area contributed by atoms with Crippen molar-refractivity contribution < 1.29 is 31.4 Å². The van der Waals surface area contributed by atoms with Crippen molar-refractivity contribution in [3.63, 3.8) is 0 Å². The fourth-order valence-corrected chi connectivity index (χ4v) is 1.67. The fourth-order valence-electron chi connectivity index (χ4n) is 1.67. The molecule has 2 saturated carbocycles. The molecule has 108 valence electrons. The Morgan fingerprint density at radius 3 is 1.17 bits per heavy atom. The molecule has 2 fully saturated rings. The molecule has 0 saturated heterocycles. The van der Waals surface area contributed by atoms with E-state index in [2.05, 4.69) is 0 Å². The molecule has 0 unspecified atom stereocenters. The van der Waals surface area contributed by atoms with Crippen molar-refractivity contribution in [1.82, 2.24) is 0 Å². The second kappa shape index (κ2) is 4.58. The third-order valence-corrected chi connectivity index (χ3v) is 3.89. The normalized spacial score (nSPS) is 24.0. The number of rotatable bonds is 2. The van der Waals surface area contributed by atoms with Gasteiger partial charge in [0.2, 0.25) is 0 Å². The van der Waals surface area contributed by atoms with Gasteiger partial charge < -0.3 is 5.11 Å². The molecule has 18 heavy (non-hydrogen) atoms. The average Bonchev–Trinajstić information content (AvgIpc) is 3.11. The highest BCUT2D eigenvalue weighted by Gasteiger charge is 2.63. The minimum Gasteiger partial charge on any atom is -0.395 e. The molecule has 0 radical (unpaired) electrons. The Morgan fingerprint density at radius 1 is 0.833 bits per heavy atom. The number of aliphatic hydroxyl groups excluding tert-OH is 1. The molecular weight excluding hydrogens is 262 g/mol. The lowest BCUT2D eigenvalue weighted by Gasteiger charge is -2.15. The van der Waals surface area contributed by atoms with Crippen LogP contribution in [0, 0.1) is 10.8 Å². The molecule has 2 rings (SSSR count). The van der Waals surface area contributed by atoms with Crippen molar-refractivity contribution >= 4 is 0 Å². The largest absolute Gasteiger partial charge is 0.396 e. The van der Waals surface area contributed by atoms with Gasteiger partial charge in [-0.15, -0.1) is 0 Å². The predicted molar refractivity (Wildman–Crippen MR) is 52.8 cm³/mol. The lowest BCUT2D eigenvalue weighted by atomic mass is 10.0. The molecule has 0 aromatic carbocycles. The van der Waals surface area contributed by atoms with Gasteiger partial charge in [-0.1, -0.05) is 6.92 Å². The molecule has 1 nitrogen and oxygen atoms in total. The van der Waals surface area contributed by atoms with E-state index in [4.69, 9.17) is 5.11 Å². The topological polar surface area (TPSA) is 20.2 Å². The molecule has 0 atom stereocenters. The van der Waals surface area contributed by atoms with Crippen LogP contribution < -0.4 is 0 Å². The van der Waals surface area contributed by atoms with Crippen molar-refractivity contribution in [3.8, 4) is 0 Å². The minimum atomic E-state index is -4.19. The molecule has 0 aromatic rings. The summed E-state index contributed by atoms with van der Waals surface area (Å²) in [6, 6.07) is 0. The van der Waals surface area contributed by atoms with Crippen LogP contribution in [0.15, 0.2) is 0 Å². The van der Waals surface area contributed by atoms with Crippen molar-refractivity contribution in [2.24, 2.45) is 10.8 Å². The van der Waals surface area contributed by atoms with E-state index in [0.29, 0.717) is 12.8 Å². The van der Waals surface area contributed by atoms with Crippen LogP contribution in [0.4, 0.5) is 26.3 Å². The van der Waals surface area contributed by atoms with Crippen molar-refractivity contribution in [2.75, 3.05) is 6.61 Å². The smallest absolute Gasteiger partial charge is 0.395 e. The van der Waals surface area contributed by atoms with Crippen LogP contribution in [0.3, 0.4) is 0 Å². The second-order valence-electron chi connectivity index (χ2n) is 5.07.